The molecule has 1 amide bonds. The fourth-order valence-corrected chi connectivity index (χ4v) is 5.04. The van der Waals surface area contributed by atoms with E-state index in [4.69, 9.17) is 4.74 Å². The fourth-order valence-electron chi connectivity index (χ4n) is 5.04. The van der Waals surface area contributed by atoms with E-state index in [0.717, 1.165) is 45.5 Å². The van der Waals surface area contributed by atoms with Gasteiger partial charge in [0, 0.05) is 38.4 Å². The molecule has 0 aliphatic carbocycles. The van der Waals surface area contributed by atoms with E-state index in [-0.39, 0.29) is 11.8 Å². The van der Waals surface area contributed by atoms with E-state index in [1.54, 1.807) is 0 Å². The third kappa shape index (κ3) is 2.89. The van der Waals surface area contributed by atoms with Crippen molar-refractivity contribution >= 4 is 5.91 Å². The molecular weight excluding hydrogens is 312 g/mol. The van der Waals surface area contributed by atoms with Crippen molar-refractivity contribution in [1.29, 1.82) is 0 Å². The van der Waals surface area contributed by atoms with Gasteiger partial charge in [-0.25, -0.2) is 0 Å². The average molecular weight is 342 g/mol. The molecule has 0 bridgehead atoms. The summed E-state index contributed by atoms with van der Waals surface area (Å²) in [5.74, 6) is 1.26. The molecule has 3 fully saturated rings. The smallest absolute Gasteiger partial charge is 0.225 e. The Kier molecular flexibility index (Phi) is 4.59. The van der Waals surface area contributed by atoms with Gasteiger partial charge in [-0.05, 0) is 17.9 Å². The number of benzene rings is 1. The Morgan fingerprint density at radius 2 is 2.12 bits per heavy atom. The number of rotatable bonds is 4. The molecular formula is C21H30N2O2. The normalized spacial score (nSPS) is 33.8. The lowest BCUT2D eigenvalue weighted by molar-refractivity contribution is -0.193. The van der Waals surface area contributed by atoms with Crippen LogP contribution in [0, 0.1) is 11.8 Å². The average Bonchev–Trinajstić information content (AvgIpc) is 3.03. The van der Waals surface area contributed by atoms with Crippen LogP contribution in [0.3, 0.4) is 0 Å². The van der Waals surface area contributed by atoms with Gasteiger partial charge in [-0.1, -0.05) is 50.6 Å². The number of piperidine rings is 2. The van der Waals surface area contributed by atoms with Crippen LogP contribution in [0.4, 0.5) is 0 Å². The Bertz CT molecular complexity index is 620. The first-order valence-electron chi connectivity index (χ1n) is 9.86. The van der Waals surface area contributed by atoms with Gasteiger partial charge in [-0.15, -0.1) is 0 Å². The zero-order chi connectivity index (χ0) is 17.4. The molecule has 3 saturated heterocycles. The molecule has 4 atom stereocenters. The molecule has 25 heavy (non-hydrogen) atoms. The minimum atomic E-state index is -0.323. The second kappa shape index (κ2) is 6.73. The number of hydrogen-bond donors (Lipinski definition) is 0. The standard InChI is InChI=1S/C21H30N2O2/c1-3-16(2)19-15-25-21-11-12-22(13-17-7-5-4-6-8-17)14-18(21)9-10-20(24)23(19)21/h4-8,16,18-19H,3,9-15H2,1-2H3/t16-,18-,19-,21-/m1/s1. The summed E-state index contributed by atoms with van der Waals surface area (Å²) in [4.78, 5) is 17.5. The predicted octanol–water partition coefficient (Wildman–Crippen LogP) is 3.27. The Labute approximate surface area is 151 Å². The lowest BCUT2D eigenvalue weighted by Crippen LogP contribution is -2.65. The number of likely N-dealkylation sites (tertiary alicyclic amines) is 1. The molecule has 0 aromatic heterocycles. The summed E-state index contributed by atoms with van der Waals surface area (Å²) >= 11 is 0. The Morgan fingerprint density at radius 1 is 1.32 bits per heavy atom. The van der Waals surface area contributed by atoms with Gasteiger partial charge in [0.15, 0.2) is 0 Å². The number of amides is 1. The summed E-state index contributed by atoms with van der Waals surface area (Å²) in [6.07, 6.45) is 3.69. The largest absolute Gasteiger partial charge is 0.353 e. The van der Waals surface area contributed by atoms with Crippen LogP contribution in [0.5, 0.6) is 0 Å². The van der Waals surface area contributed by atoms with Crippen molar-refractivity contribution in [2.45, 2.75) is 57.8 Å². The second-order valence-corrected chi connectivity index (χ2v) is 8.08. The predicted molar refractivity (Wildman–Crippen MR) is 97.8 cm³/mol. The van der Waals surface area contributed by atoms with Gasteiger partial charge < -0.3 is 9.64 Å². The first-order valence-corrected chi connectivity index (χ1v) is 9.86. The summed E-state index contributed by atoms with van der Waals surface area (Å²) in [6, 6.07) is 11.0. The molecule has 4 heteroatoms. The van der Waals surface area contributed by atoms with E-state index < -0.39 is 0 Å². The maximum absolute atomic E-state index is 12.8. The molecule has 0 N–H and O–H groups in total. The highest BCUT2D eigenvalue weighted by Gasteiger charge is 2.59. The molecule has 136 valence electrons. The lowest BCUT2D eigenvalue weighted by Gasteiger charge is -2.53. The zero-order valence-electron chi connectivity index (χ0n) is 15.5. The Balaban J connectivity index is 1.52. The summed E-state index contributed by atoms with van der Waals surface area (Å²) in [7, 11) is 0. The van der Waals surface area contributed by atoms with Crippen LogP contribution in [0.25, 0.3) is 0 Å². The lowest BCUT2D eigenvalue weighted by atomic mass is 9.79. The maximum Gasteiger partial charge on any atom is 0.225 e. The molecule has 4 rings (SSSR count). The van der Waals surface area contributed by atoms with Gasteiger partial charge in [-0.3, -0.25) is 9.69 Å². The minimum absolute atomic E-state index is 0.265. The van der Waals surface area contributed by atoms with Gasteiger partial charge in [0.25, 0.3) is 0 Å². The van der Waals surface area contributed by atoms with E-state index in [2.05, 4.69) is 54.0 Å². The third-order valence-electron chi connectivity index (χ3n) is 6.67. The van der Waals surface area contributed by atoms with Crippen molar-refractivity contribution in [2.24, 2.45) is 11.8 Å². The van der Waals surface area contributed by atoms with Gasteiger partial charge in [0.05, 0.1) is 12.6 Å². The molecule has 3 heterocycles. The Morgan fingerprint density at radius 3 is 2.88 bits per heavy atom. The molecule has 1 aromatic rings. The van der Waals surface area contributed by atoms with Crippen LogP contribution >= 0.6 is 0 Å². The van der Waals surface area contributed by atoms with E-state index in [0.29, 0.717) is 24.2 Å². The first kappa shape index (κ1) is 17.0. The Hall–Kier alpha value is -1.39. The summed E-state index contributed by atoms with van der Waals surface area (Å²) < 4.78 is 6.43. The molecule has 0 unspecified atom stereocenters. The SMILES string of the molecule is CC[C@@H](C)[C@H]1CO[C@]23CCN(Cc4ccccc4)C[C@H]2CCC(=O)N13. The summed E-state index contributed by atoms with van der Waals surface area (Å²) in [6.45, 7) is 8.22. The number of nitrogens with zero attached hydrogens (tertiary/aromatic N) is 2. The topological polar surface area (TPSA) is 32.8 Å². The highest BCUT2D eigenvalue weighted by Crippen LogP contribution is 2.47. The van der Waals surface area contributed by atoms with Crippen LogP contribution in [0.1, 0.15) is 45.1 Å². The highest BCUT2D eigenvalue weighted by atomic mass is 16.5. The van der Waals surface area contributed by atoms with E-state index in [1.807, 2.05) is 0 Å². The van der Waals surface area contributed by atoms with Gasteiger partial charge in [-0.2, -0.15) is 0 Å². The van der Waals surface area contributed by atoms with Gasteiger partial charge in [0.2, 0.25) is 5.91 Å². The number of carbonyl (C=O) groups is 1. The molecule has 0 radical (unpaired) electrons. The maximum atomic E-state index is 12.8. The zero-order valence-corrected chi connectivity index (χ0v) is 15.5. The van der Waals surface area contributed by atoms with Crippen LogP contribution in [0.15, 0.2) is 30.3 Å². The van der Waals surface area contributed by atoms with Crippen LogP contribution in [-0.4, -0.2) is 47.2 Å². The monoisotopic (exact) mass is 342 g/mol. The minimum Gasteiger partial charge on any atom is -0.353 e. The van der Waals surface area contributed by atoms with Crippen molar-refractivity contribution < 1.29 is 9.53 Å². The summed E-state index contributed by atoms with van der Waals surface area (Å²) in [5, 5.41) is 0. The van der Waals surface area contributed by atoms with Crippen LogP contribution in [-0.2, 0) is 16.1 Å². The highest BCUT2D eigenvalue weighted by molar-refractivity contribution is 5.78. The summed E-state index contributed by atoms with van der Waals surface area (Å²) in [5.41, 5.74) is 1.04. The molecule has 3 aliphatic rings. The molecule has 1 spiro atoms. The van der Waals surface area contributed by atoms with Crippen molar-refractivity contribution in [3.63, 3.8) is 0 Å². The van der Waals surface area contributed by atoms with Crippen molar-refractivity contribution in [3.8, 4) is 0 Å². The van der Waals surface area contributed by atoms with Gasteiger partial charge >= 0.3 is 0 Å². The van der Waals surface area contributed by atoms with Crippen LogP contribution in [0.2, 0.25) is 0 Å². The number of carbonyl (C=O) groups excluding carboxylic acids is 1. The van der Waals surface area contributed by atoms with Crippen molar-refractivity contribution in [1.82, 2.24) is 9.80 Å². The molecule has 4 nitrogen and oxygen atoms in total. The van der Waals surface area contributed by atoms with E-state index >= 15 is 0 Å². The second-order valence-electron chi connectivity index (χ2n) is 8.08. The number of ether oxygens (including phenoxy) is 1. The molecule has 3 aliphatic heterocycles. The van der Waals surface area contributed by atoms with Crippen molar-refractivity contribution in [2.75, 3.05) is 19.7 Å². The van der Waals surface area contributed by atoms with E-state index in [1.165, 1.54) is 5.56 Å². The molecule has 1 aromatic carbocycles. The van der Waals surface area contributed by atoms with Crippen molar-refractivity contribution in [3.05, 3.63) is 35.9 Å². The molecule has 0 saturated carbocycles. The number of hydrogen-bond acceptors (Lipinski definition) is 3. The fraction of sp³-hybridized carbons (Fsp3) is 0.667. The first-order chi connectivity index (χ1) is 12.1. The van der Waals surface area contributed by atoms with Gasteiger partial charge in [0.1, 0.15) is 5.72 Å². The quantitative estimate of drug-likeness (QED) is 0.842. The third-order valence-corrected chi connectivity index (χ3v) is 6.67. The van der Waals surface area contributed by atoms with E-state index in [9.17, 15) is 4.79 Å². The van der Waals surface area contributed by atoms with Crippen LogP contribution < -0.4 is 0 Å².